The van der Waals surface area contributed by atoms with Gasteiger partial charge in [-0.25, -0.2) is 8.42 Å². The van der Waals surface area contributed by atoms with Gasteiger partial charge >= 0.3 is 0 Å². The van der Waals surface area contributed by atoms with Gasteiger partial charge in [0.25, 0.3) is 0 Å². The minimum Gasteiger partial charge on any atom is -0.360 e. The normalized spacial score (nSPS) is 25.5. The lowest BCUT2D eigenvalue weighted by Crippen LogP contribution is -2.52. The fraction of sp³-hybridized carbons (Fsp3) is 0.769. The van der Waals surface area contributed by atoms with Crippen molar-refractivity contribution in [3.8, 4) is 0 Å². The number of hydrogen-bond donors (Lipinski definition) is 1. The van der Waals surface area contributed by atoms with E-state index in [2.05, 4.69) is 15.4 Å². The van der Waals surface area contributed by atoms with E-state index >= 15 is 0 Å². The molecule has 1 atom stereocenters. The van der Waals surface area contributed by atoms with E-state index in [1.807, 2.05) is 0 Å². The van der Waals surface area contributed by atoms with Gasteiger partial charge < -0.3 is 9.84 Å². The van der Waals surface area contributed by atoms with Gasteiger partial charge in [0, 0.05) is 38.8 Å². The Morgan fingerprint density at radius 2 is 1.95 bits per heavy atom. The van der Waals surface area contributed by atoms with Crippen LogP contribution in [0.3, 0.4) is 0 Å². The highest BCUT2D eigenvalue weighted by Gasteiger charge is 2.35. The van der Waals surface area contributed by atoms with E-state index < -0.39 is 10.0 Å². The monoisotopic (exact) mass is 314 g/mol. The second-order valence-corrected chi connectivity index (χ2v) is 7.61. The third kappa shape index (κ3) is 2.73. The van der Waals surface area contributed by atoms with Crippen LogP contribution < -0.4 is 5.32 Å². The molecule has 1 aromatic heterocycles. The summed E-state index contributed by atoms with van der Waals surface area (Å²) in [5.74, 6) is 0.370. The first kappa shape index (κ1) is 15.0. The van der Waals surface area contributed by atoms with Crippen LogP contribution in [0, 0.1) is 13.8 Å². The molecule has 7 nitrogen and oxygen atoms in total. The molecule has 21 heavy (non-hydrogen) atoms. The smallest absolute Gasteiger partial charge is 0.248 e. The highest BCUT2D eigenvalue weighted by molar-refractivity contribution is 7.89. The van der Waals surface area contributed by atoms with Crippen molar-refractivity contribution in [1.29, 1.82) is 0 Å². The van der Waals surface area contributed by atoms with E-state index in [0.29, 0.717) is 30.6 Å². The van der Waals surface area contributed by atoms with E-state index in [0.717, 1.165) is 32.6 Å². The second kappa shape index (κ2) is 5.68. The molecule has 8 heteroatoms. The summed E-state index contributed by atoms with van der Waals surface area (Å²) in [7, 11) is -3.49. The quantitative estimate of drug-likeness (QED) is 0.843. The van der Waals surface area contributed by atoms with Crippen molar-refractivity contribution >= 4 is 10.0 Å². The molecule has 1 unspecified atom stereocenters. The predicted molar refractivity (Wildman–Crippen MR) is 77.6 cm³/mol. The lowest BCUT2D eigenvalue weighted by molar-refractivity contribution is 0.145. The Morgan fingerprint density at radius 3 is 2.48 bits per heavy atom. The summed E-state index contributed by atoms with van der Waals surface area (Å²) >= 11 is 0. The maximum atomic E-state index is 12.7. The Morgan fingerprint density at radius 1 is 1.24 bits per heavy atom. The number of hydrogen-bond acceptors (Lipinski definition) is 6. The van der Waals surface area contributed by atoms with Crippen LogP contribution in [-0.4, -0.2) is 68.1 Å². The zero-order chi connectivity index (χ0) is 15.0. The zero-order valence-corrected chi connectivity index (χ0v) is 13.3. The average molecular weight is 314 g/mol. The fourth-order valence-electron chi connectivity index (χ4n) is 3.23. The van der Waals surface area contributed by atoms with Gasteiger partial charge in [0.15, 0.2) is 5.76 Å². The molecule has 0 aromatic carbocycles. The maximum absolute atomic E-state index is 12.7. The molecule has 2 aliphatic rings. The first-order valence-corrected chi connectivity index (χ1v) is 8.82. The SMILES string of the molecule is Cc1noc(C)c1S(=O)(=O)N1CCN(C2CCNC2)CC1. The lowest BCUT2D eigenvalue weighted by atomic mass is 10.2. The molecular formula is C13H22N4O3S. The van der Waals surface area contributed by atoms with E-state index in [-0.39, 0.29) is 4.90 Å². The summed E-state index contributed by atoms with van der Waals surface area (Å²) in [4.78, 5) is 2.62. The number of aryl methyl sites for hydroxylation is 2. The molecule has 3 heterocycles. The summed E-state index contributed by atoms with van der Waals surface area (Å²) in [5.41, 5.74) is 0.440. The average Bonchev–Trinajstić information content (AvgIpc) is 3.09. The van der Waals surface area contributed by atoms with Crippen molar-refractivity contribution in [2.45, 2.75) is 31.2 Å². The standard InChI is InChI=1S/C13H22N4O3S/c1-10-13(11(2)20-15-10)21(18,19)17-7-5-16(6-8-17)12-3-4-14-9-12/h12,14H,3-9H2,1-2H3. The Hall–Kier alpha value is -0.960. The van der Waals surface area contributed by atoms with Gasteiger partial charge in [-0.15, -0.1) is 0 Å². The number of sulfonamides is 1. The number of aromatic nitrogens is 1. The van der Waals surface area contributed by atoms with Gasteiger partial charge in [0.1, 0.15) is 10.6 Å². The number of rotatable bonds is 3. The molecule has 0 aliphatic carbocycles. The molecule has 1 aromatic rings. The van der Waals surface area contributed by atoms with Crippen molar-refractivity contribution in [2.24, 2.45) is 0 Å². The van der Waals surface area contributed by atoms with Crippen molar-refractivity contribution in [3.05, 3.63) is 11.5 Å². The minimum atomic E-state index is -3.49. The number of piperazine rings is 1. The van der Waals surface area contributed by atoms with Gasteiger partial charge in [-0.2, -0.15) is 4.31 Å². The molecule has 118 valence electrons. The topological polar surface area (TPSA) is 78.7 Å². The van der Waals surface area contributed by atoms with Crippen LogP contribution >= 0.6 is 0 Å². The lowest BCUT2D eigenvalue weighted by Gasteiger charge is -2.37. The highest BCUT2D eigenvalue weighted by atomic mass is 32.2. The minimum absolute atomic E-state index is 0.235. The van der Waals surface area contributed by atoms with Crippen molar-refractivity contribution in [3.63, 3.8) is 0 Å². The van der Waals surface area contributed by atoms with Crippen LogP contribution in [0.1, 0.15) is 17.9 Å². The molecular weight excluding hydrogens is 292 g/mol. The largest absolute Gasteiger partial charge is 0.360 e. The molecule has 2 fully saturated rings. The molecule has 0 radical (unpaired) electrons. The molecule has 3 rings (SSSR count). The Kier molecular flexibility index (Phi) is 4.04. The van der Waals surface area contributed by atoms with Gasteiger partial charge in [0.05, 0.1) is 0 Å². The van der Waals surface area contributed by atoms with E-state index in [1.165, 1.54) is 0 Å². The van der Waals surface area contributed by atoms with Crippen molar-refractivity contribution < 1.29 is 12.9 Å². The van der Waals surface area contributed by atoms with Crippen LogP contribution in [0.25, 0.3) is 0 Å². The second-order valence-electron chi connectivity index (χ2n) is 5.74. The number of nitrogens with zero attached hydrogens (tertiary/aromatic N) is 3. The van der Waals surface area contributed by atoms with E-state index in [9.17, 15) is 8.42 Å². The molecule has 1 N–H and O–H groups in total. The molecule has 2 saturated heterocycles. The molecule has 2 aliphatic heterocycles. The highest BCUT2D eigenvalue weighted by Crippen LogP contribution is 2.24. The maximum Gasteiger partial charge on any atom is 0.248 e. The third-order valence-corrected chi connectivity index (χ3v) is 6.53. The summed E-state index contributed by atoms with van der Waals surface area (Å²) in [5, 5.41) is 7.11. The summed E-state index contributed by atoms with van der Waals surface area (Å²) in [6.45, 7) is 8.02. The molecule has 0 bridgehead atoms. The Balaban J connectivity index is 1.71. The van der Waals surface area contributed by atoms with Gasteiger partial charge in [-0.1, -0.05) is 5.16 Å². The van der Waals surface area contributed by atoms with Crippen LogP contribution in [0.2, 0.25) is 0 Å². The first-order valence-electron chi connectivity index (χ1n) is 7.38. The van der Waals surface area contributed by atoms with E-state index in [1.54, 1.807) is 18.2 Å². The van der Waals surface area contributed by atoms with Gasteiger partial charge in [-0.3, -0.25) is 4.90 Å². The third-order valence-electron chi connectivity index (χ3n) is 4.39. The molecule has 0 amide bonds. The van der Waals surface area contributed by atoms with Crippen LogP contribution in [-0.2, 0) is 10.0 Å². The molecule has 0 saturated carbocycles. The van der Waals surface area contributed by atoms with Crippen LogP contribution in [0.15, 0.2) is 9.42 Å². The van der Waals surface area contributed by atoms with Gasteiger partial charge in [0.2, 0.25) is 10.0 Å². The Labute approximate surface area is 125 Å². The first-order chi connectivity index (χ1) is 10.00. The van der Waals surface area contributed by atoms with Gasteiger partial charge in [-0.05, 0) is 26.8 Å². The zero-order valence-electron chi connectivity index (χ0n) is 12.5. The van der Waals surface area contributed by atoms with Crippen LogP contribution in [0.5, 0.6) is 0 Å². The predicted octanol–water partition coefficient (Wildman–Crippen LogP) is -0.0404. The van der Waals surface area contributed by atoms with E-state index in [4.69, 9.17) is 4.52 Å². The summed E-state index contributed by atoms with van der Waals surface area (Å²) in [6, 6.07) is 0.550. The molecule has 0 spiro atoms. The van der Waals surface area contributed by atoms with Crippen LogP contribution in [0.4, 0.5) is 0 Å². The fourth-order valence-corrected chi connectivity index (χ4v) is 4.95. The number of nitrogens with one attached hydrogen (secondary N) is 1. The Bertz CT molecular complexity index is 579. The summed E-state index contributed by atoms with van der Waals surface area (Å²) < 4.78 is 32.0. The van der Waals surface area contributed by atoms with Crippen molar-refractivity contribution in [1.82, 2.24) is 19.7 Å². The summed E-state index contributed by atoms with van der Waals surface area (Å²) in [6.07, 6.45) is 1.15. The van der Waals surface area contributed by atoms with Crippen molar-refractivity contribution in [2.75, 3.05) is 39.3 Å².